The van der Waals surface area contributed by atoms with Gasteiger partial charge in [0.05, 0.1) is 17.3 Å². The Bertz CT molecular complexity index is 660. The van der Waals surface area contributed by atoms with Crippen molar-refractivity contribution in [1.82, 2.24) is 0 Å². The van der Waals surface area contributed by atoms with E-state index in [2.05, 4.69) is 5.32 Å². The second kappa shape index (κ2) is 5.66. The fraction of sp³-hybridized carbons (Fsp3) is 0. The highest BCUT2D eigenvalue weighted by atomic mass is 19.1. The Balaban J connectivity index is 3.19. The molecule has 6 heteroatoms. The van der Waals surface area contributed by atoms with E-state index < -0.39 is 11.4 Å². The number of hydrogen-bond donors (Lipinski definition) is 1. The van der Waals surface area contributed by atoms with Crippen LogP contribution in [0.15, 0.2) is 29.5 Å². The van der Waals surface area contributed by atoms with Crippen molar-refractivity contribution in [2.24, 2.45) is 0 Å². The molecule has 0 aromatic heterocycles. The molecule has 0 radical (unpaired) electrons. The molecule has 0 heterocycles. The number of nitrogens with one attached hydrogen (secondary N) is 1. The largest absolute Gasteiger partial charge is 0.343 e. The van der Waals surface area contributed by atoms with Crippen molar-refractivity contribution in [2.45, 2.75) is 0 Å². The SMILES string of the molecule is N#CC(C#N)=C(C#N)Nc1ccc(C#N)cc1F. The van der Waals surface area contributed by atoms with Gasteiger partial charge in [-0.25, -0.2) is 4.39 Å². The lowest BCUT2D eigenvalue weighted by Gasteiger charge is -2.05. The maximum atomic E-state index is 13.5. The monoisotopic (exact) mass is 237 g/mol. The molecule has 0 spiro atoms. The van der Waals surface area contributed by atoms with Crippen molar-refractivity contribution >= 4 is 5.69 Å². The summed E-state index contributed by atoms with van der Waals surface area (Å²) in [5.74, 6) is -0.753. The van der Waals surface area contributed by atoms with E-state index in [0.717, 1.165) is 6.07 Å². The number of nitriles is 4. The highest BCUT2D eigenvalue weighted by molar-refractivity contribution is 5.59. The average molecular weight is 237 g/mol. The minimum absolute atomic E-state index is 0.0893. The summed E-state index contributed by atoms with van der Waals surface area (Å²) < 4.78 is 13.5. The summed E-state index contributed by atoms with van der Waals surface area (Å²) in [5, 5.41) is 36.9. The van der Waals surface area contributed by atoms with Crippen LogP contribution in [0, 0.1) is 51.1 Å². The average Bonchev–Trinajstić information content (AvgIpc) is 2.40. The van der Waals surface area contributed by atoms with Crippen LogP contribution in [0.4, 0.5) is 10.1 Å². The van der Waals surface area contributed by atoms with Gasteiger partial charge >= 0.3 is 0 Å². The summed E-state index contributed by atoms with van der Waals surface area (Å²) >= 11 is 0. The summed E-state index contributed by atoms with van der Waals surface area (Å²) in [6, 6.07) is 9.98. The standard InChI is InChI=1S/C12H4FN5/c13-10-3-8(4-14)1-2-11(10)18-12(7-17)9(5-15)6-16/h1-3,18H. The molecule has 1 rings (SSSR count). The van der Waals surface area contributed by atoms with Crippen LogP contribution < -0.4 is 5.32 Å². The first-order valence-electron chi connectivity index (χ1n) is 4.57. The third-order valence-electron chi connectivity index (χ3n) is 1.94. The molecule has 0 aliphatic rings. The number of benzene rings is 1. The van der Waals surface area contributed by atoms with Gasteiger partial charge in [-0.15, -0.1) is 0 Å². The molecule has 0 saturated heterocycles. The van der Waals surface area contributed by atoms with Crippen molar-refractivity contribution in [2.75, 3.05) is 5.32 Å². The number of anilines is 1. The zero-order chi connectivity index (χ0) is 13.5. The van der Waals surface area contributed by atoms with Crippen LogP contribution in [0.1, 0.15) is 5.56 Å². The lowest BCUT2D eigenvalue weighted by molar-refractivity contribution is 0.631. The number of halogens is 1. The Morgan fingerprint density at radius 3 is 2.17 bits per heavy atom. The van der Waals surface area contributed by atoms with Crippen LogP contribution >= 0.6 is 0 Å². The molecule has 0 unspecified atom stereocenters. The minimum atomic E-state index is -0.753. The van der Waals surface area contributed by atoms with E-state index in [4.69, 9.17) is 21.0 Å². The van der Waals surface area contributed by atoms with Gasteiger partial charge in [0, 0.05) is 0 Å². The molecule has 0 aliphatic carbocycles. The van der Waals surface area contributed by atoms with E-state index in [-0.39, 0.29) is 16.9 Å². The van der Waals surface area contributed by atoms with Gasteiger partial charge in [-0.2, -0.15) is 21.0 Å². The van der Waals surface area contributed by atoms with Crippen molar-refractivity contribution < 1.29 is 4.39 Å². The molecule has 0 aliphatic heterocycles. The predicted molar refractivity (Wildman–Crippen MR) is 58.6 cm³/mol. The first-order chi connectivity index (χ1) is 8.65. The minimum Gasteiger partial charge on any atom is -0.343 e. The van der Waals surface area contributed by atoms with Crippen LogP contribution in [-0.2, 0) is 0 Å². The maximum absolute atomic E-state index is 13.5. The molecule has 1 aromatic carbocycles. The van der Waals surface area contributed by atoms with Crippen LogP contribution in [0.25, 0.3) is 0 Å². The van der Waals surface area contributed by atoms with E-state index in [9.17, 15) is 4.39 Å². The Morgan fingerprint density at radius 1 is 1.06 bits per heavy atom. The Kier molecular flexibility index (Phi) is 4.00. The Morgan fingerprint density at radius 2 is 1.72 bits per heavy atom. The van der Waals surface area contributed by atoms with Crippen molar-refractivity contribution in [3.8, 4) is 24.3 Å². The van der Waals surface area contributed by atoms with E-state index in [0.29, 0.717) is 0 Å². The molecule has 5 nitrogen and oxygen atoms in total. The number of rotatable bonds is 2. The van der Waals surface area contributed by atoms with Crippen molar-refractivity contribution in [3.63, 3.8) is 0 Å². The zero-order valence-corrected chi connectivity index (χ0v) is 8.90. The van der Waals surface area contributed by atoms with Gasteiger partial charge < -0.3 is 5.32 Å². The molecular weight excluding hydrogens is 233 g/mol. The van der Waals surface area contributed by atoms with E-state index in [1.54, 1.807) is 12.1 Å². The van der Waals surface area contributed by atoms with Gasteiger partial charge in [0.25, 0.3) is 0 Å². The van der Waals surface area contributed by atoms with Crippen LogP contribution in [0.3, 0.4) is 0 Å². The lowest BCUT2D eigenvalue weighted by Crippen LogP contribution is -2.02. The van der Waals surface area contributed by atoms with E-state index in [1.807, 2.05) is 0 Å². The molecule has 0 saturated carbocycles. The van der Waals surface area contributed by atoms with Crippen LogP contribution in [0.5, 0.6) is 0 Å². The summed E-state index contributed by atoms with van der Waals surface area (Å²) in [4.78, 5) is 0. The number of hydrogen-bond acceptors (Lipinski definition) is 5. The van der Waals surface area contributed by atoms with Gasteiger partial charge in [0.1, 0.15) is 29.7 Å². The van der Waals surface area contributed by atoms with Gasteiger partial charge in [-0.05, 0) is 18.2 Å². The van der Waals surface area contributed by atoms with Crippen molar-refractivity contribution in [3.05, 3.63) is 40.8 Å². The molecule has 1 N–H and O–H groups in total. The second-order valence-electron chi connectivity index (χ2n) is 3.02. The molecule has 0 bridgehead atoms. The fourth-order valence-corrected chi connectivity index (χ4v) is 1.10. The summed E-state index contributed by atoms with van der Waals surface area (Å²) in [6.07, 6.45) is 0. The smallest absolute Gasteiger partial charge is 0.163 e. The van der Waals surface area contributed by atoms with Gasteiger partial charge in [-0.3, -0.25) is 0 Å². The summed E-state index contributed by atoms with van der Waals surface area (Å²) in [5.41, 5.74) is -0.750. The number of nitrogens with zero attached hydrogens (tertiary/aromatic N) is 4. The first-order valence-corrected chi connectivity index (χ1v) is 4.57. The zero-order valence-electron chi connectivity index (χ0n) is 8.90. The molecule has 84 valence electrons. The van der Waals surface area contributed by atoms with Crippen molar-refractivity contribution in [1.29, 1.82) is 21.0 Å². The fourth-order valence-electron chi connectivity index (χ4n) is 1.10. The predicted octanol–water partition coefficient (Wildman–Crippen LogP) is 1.93. The third kappa shape index (κ3) is 2.61. The van der Waals surface area contributed by atoms with E-state index in [1.165, 1.54) is 24.3 Å². The molecule has 18 heavy (non-hydrogen) atoms. The van der Waals surface area contributed by atoms with Gasteiger partial charge in [-0.1, -0.05) is 0 Å². The summed E-state index contributed by atoms with van der Waals surface area (Å²) in [7, 11) is 0. The Labute approximate surface area is 102 Å². The lowest BCUT2D eigenvalue weighted by atomic mass is 10.2. The quantitative estimate of drug-likeness (QED) is 0.790. The number of allylic oxidation sites excluding steroid dienone is 2. The second-order valence-corrected chi connectivity index (χ2v) is 3.02. The van der Waals surface area contributed by atoms with Gasteiger partial charge in [0.15, 0.2) is 5.57 Å². The first kappa shape index (κ1) is 12.7. The Hall–Kier alpha value is -3.35. The molecule has 0 atom stereocenters. The molecular formula is C12H4FN5. The summed E-state index contributed by atoms with van der Waals surface area (Å²) in [6.45, 7) is 0. The van der Waals surface area contributed by atoms with Crippen LogP contribution in [0.2, 0.25) is 0 Å². The van der Waals surface area contributed by atoms with E-state index >= 15 is 0 Å². The highest BCUT2D eigenvalue weighted by Crippen LogP contribution is 2.18. The molecule has 1 aromatic rings. The third-order valence-corrected chi connectivity index (χ3v) is 1.94. The van der Waals surface area contributed by atoms with Crippen LogP contribution in [-0.4, -0.2) is 0 Å². The molecule has 0 amide bonds. The molecule has 0 fully saturated rings. The topological polar surface area (TPSA) is 107 Å². The normalized spacial score (nSPS) is 8.06. The highest BCUT2D eigenvalue weighted by Gasteiger charge is 2.09. The maximum Gasteiger partial charge on any atom is 0.163 e. The van der Waals surface area contributed by atoms with Gasteiger partial charge in [0.2, 0.25) is 0 Å².